The van der Waals surface area contributed by atoms with Crippen LogP contribution in [0, 0.1) is 6.92 Å². The molecule has 1 fully saturated rings. The standard InChI is InChI=1S/C20H20N2O4/c1-13-16(20(25)26-2)5-3-6-17(13)21-19(24)14-8-10-15(11-9-14)22-12-4-7-18(22)23/h3,5-6,8-11H,4,7,12H2,1-2H3,(H,21,24). The van der Waals surface area contributed by atoms with Crippen LogP contribution in [0.3, 0.4) is 0 Å². The number of hydrogen-bond donors (Lipinski definition) is 1. The van der Waals surface area contributed by atoms with Crippen molar-refractivity contribution in [1.82, 2.24) is 0 Å². The summed E-state index contributed by atoms with van der Waals surface area (Å²) in [6.07, 6.45) is 1.43. The predicted octanol–water partition coefficient (Wildman–Crippen LogP) is 3.16. The van der Waals surface area contributed by atoms with E-state index in [1.165, 1.54) is 7.11 Å². The van der Waals surface area contributed by atoms with E-state index in [4.69, 9.17) is 4.74 Å². The van der Waals surface area contributed by atoms with Crippen LogP contribution in [0.5, 0.6) is 0 Å². The smallest absolute Gasteiger partial charge is 0.338 e. The quantitative estimate of drug-likeness (QED) is 0.858. The summed E-state index contributed by atoms with van der Waals surface area (Å²) in [5.74, 6) is -0.620. The van der Waals surface area contributed by atoms with Crippen molar-refractivity contribution in [3.8, 4) is 0 Å². The second-order valence-electron chi connectivity index (χ2n) is 6.12. The molecule has 0 aromatic heterocycles. The summed E-state index contributed by atoms with van der Waals surface area (Å²) in [5.41, 5.74) is 2.88. The Morgan fingerprint density at radius 1 is 1.12 bits per heavy atom. The van der Waals surface area contributed by atoms with E-state index in [2.05, 4.69) is 5.32 Å². The van der Waals surface area contributed by atoms with E-state index in [-0.39, 0.29) is 11.8 Å². The Kier molecular flexibility index (Phi) is 5.02. The number of esters is 1. The molecule has 0 unspecified atom stereocenters. The lowest BCUT2D eigenvalue weighted by Crippen LogP contribution is -2.23. The van der Waals surface area contributed by atoms with Crippen molar-refractivity contribution in [2.45, 2.75) is 19.8 Å². The van der Waals surface area contributed by atoms with Gasteiger partial charge in [0.15, 0.2) is 0 Å². The number of carbonyl (C=O) groups excluding carboxylic acids is 3. The second-order valence-corrected chi connectivity index (χ2v) is 6.12. The molecule has 1 aliphatic heterocycles. The van der Waals surface area contributed by atoms with E-state index in [9.17, 15) is 14.4 Å². The number of nitrogens with zero attached hydrogens (tertiary/aromatic N) is 1. The normalized spacial score (nSPS) is 13.6. The zero-order valence-electron chi connectivity index (χ0n) is 14.7. The van der Waals surface area contributed by atoms with Crippen LogP contribution >= 0.6 is 0 Å². The summed E-state index contributed by atoms with van der Waals surface area (Å²) in [7, 11) is 1.32. The Labute approximate surface area is 151 Å². The van der Waals surface area contributed by atoms with Gasteiger partial charge in [-0.2, -0.15) is 0 Å². The molecule has 3 rings (SSSR count). The zero-order chi connectivity index (χ0) is 18.7. The molecular formula is C20H20N2O4. The third kappa shape index (κ3) is 3.44. The molecule has 6 nitrogen and oxygen atoms in total. The number of methoxy groups -OCH3 is 1. The number of rotatable bonds is 4. The highest BCUT2D eigenvalue weighted by Gasteiger charge is 2.21. The second kappa shape index (κ2) is 7.39. The number of ether oxygens (including phenoxy) is 1. The molecule has 134 valence electrons. The zero-order valence-corrected chi connectivity index (χ0v) is 14.7. The Balaban J connectivity index is 1.76. The third-order valence-corrected chi connectivity index (χ3v) is 4.50. The van der Waals surface area contributed by atoms with Gasteiger partial charge < -0.3 is 15.0 Å². The fourth-order valence-corrected chi connectivity index (χ4v) is 3.01. The van der Waals surface area contributed by atoms with Gasteiger partial charge in [-0.05, 0) is 55.3 Å². The maximum Gasteiger partial charge on any atom is 0.338 e. The number of hydrogen-bond acceptors (Lipinski definition) is 4. The summed E-state index contributed by atoms with van der Waals surface area (Å²) >= 11 is 0. The highest BCUT2D eigenvalue weighted by atomic mass is 16.5. The minimum atomic E-state index is -0.446. The van der Waals surface area contributed by atoms with Crippen molar-refractivity contribution in [2.24, 2.45) is 0 Å². The van der Waals surface area contributed by atoms with Crippen LogP contribution in [-0.4, -0.2) is 31.4 Å². The largest absolute Gasteiger partial charge is 0.465 e. The first kappa shape index (κ1) is 17.7. The maximum absolute atomic E-state index is 12.5. The molecule has 0 spiro atoms. The molecule has 1 aliphatic rings. The van der Waals surface area contributed by atoms with E-state index in [1.54, 1.807) is 54.3 Å². The van der Waals surface area contributed by atoms with Gasteiger partial charge in [0.25, 0.3) is 5.91 Å². The molecular weight excluding hydrogens is 332 g/mol. The first-order valence-electron chi connectivity index (χ1n) is 8.41. The first-order valence-corrected chi connectivity index (χ1v) is 8.41. The van der Waals surface area contributed by atoms with Gasteiger partial charge in [-0.25, -0.2) is 4.79 Å². The van der Waals surface area contributed by atoms with Crippen LogP contribution in [0.15, 0.2) is 42.5 Å². The fourth-order valence-electron chi connectivity index (χ4n) is 3.01. The monoisotopic (exact) mass is 352 g/mol. The van der Waals surface area contributed by atoms with E-state index in [1.807, 2.05) is 0 Å². The summed E-state index contributed by atoms with van der Waals surface area (Å²) in [6.45, 7) is 2.47. The van der Waals surface area contributed by atoms with Gasteiger partial charge in [0, 0.05) is 29.9 Å². The molecule has 6 heteroatoms. The van der Waals surface area contributed by atoms with Crippen molar-refractivity contribution in [3.05, 3.63) is 59.2 Å². The molecule has 0 bridgehead atoms. The van der Waals surface area contributed by atoms with E-state index >= 15 is 0 Å². The van der Waals surface area contributed by atoms with Crippen LogP contribution in [0.4, 0.5) is 11.4 Å². The fraction of sp³-hybridized carbons (Fsp3) is 0.250. The molecule has 2 aromatic carbocycles. The lowest BCUT2D eigenvalue weighted by molar-refractivity contribution is -0.117. The summed E-state index contributed by atoms with van der Waals surface area (Å²) in [4.78, 5) is 37.8. The molecule has 0 aliphatic carbocycles. The Morgan fingerprint density at radius 2 is 1.85 bits per heavy atom. The molecule has 2 amide bonds. The van der Waals surface area contributed by atoms with E-state index < -0.39 is 5.97 Å². The van der Waals surface area contributed by atoms with Crippen molar-refractivity contribution in [1.29, 1.82) is 0 Å². The molecule has 2 aromatic rings. The van der Waals surface area contributed by atoms with Gasteiger partial charge in [0.05, 0.1) is 12.7 Å². The van der Waals surface area contributed by atoms with Crippen LogP contribution < -0.4 is 10.2 Å². The lowest BCUT2D eigenvalue weighted by atomic mass is 10.1. The van der Waals surface area contributed by atoms with Gasteiger partial charge in [-0.15, -0.1) is 0 Å². The predicted molar refractivity (Wildman–Crippen MR) is 98.5 cm³/mol. The Morgan fingerprint density at radius 3 is 2.46 bits per heavy atom. The Bertz CT molecular complexity index is 859. The highest BCUT2D eigenvalue weighted by molar-refractivity contribution is 6.06. The van der Waals surface area contributed by atoms with Crippen LogP contribution in [0.2, 0.25) is 0 Å². The number of carbonyl (C=O) groups is 3. The molecule has 26 heavy (non-hydrogen) atoms. The van der Waals surface area contributed by atoms with Gasteiger partial charge in [0.1, 0.15) is 0 Å². The van der Waals surface area contributed by atoms with Gasteiger partial charge in [0.2, 0.25) is 5.91 Å². The molecule has 0 atom stereocenters. The average Bonchev–Trinajstić information content (AvgIpc) is 3.09. The number of amides is 2. The number of anilines is 2. The van der Waals surface area contributed by atoms with Crippen LogP contribution in [0.25, 0.3) is 0 Å². The summed E-state index contributed by atoms with van der Waals surface area (Å²) in [6, 6.07) is 12.0. The van der Waals surface area contributed by atoms with Crippen molar-refractivity contribution < 1.29 is 19.1 Å². The minimum absolute atomic E-state index is 0.109. The van der Waals surface area contributed by atoms with Crippen molar-refractivity contribution >= 4 is 29.2 Å². The highest BCUT2D eigenvalue weighted by Crippen LogP contribution is 2.23. The average molecular weight is 352 g/mol. The summed E-state index contributed by atoms with van der Waals surface area (Å²) < 4.78 is 4.75. The third-order valence-electron chi connectivity index (χ3n) is 4.50. The maximum atomic E-state index is 12.5. The SMILES string of the molecule is COC(=O)c1cccc(NC(=O)c2ccc(N3CCCC3=O)cc2)c1C. The molecule has 0 saturated carbocycles. The summed E-state index contributed by atoms with van der Waals surface area (Å²) in [5, 5.41) is 2.82. The van der Waals surface area contributed by atoms with E-state index in [0.717, 1.165) is 12.1 Å². The van der Waals surface area contributed by atoms with Gasteiger partial charge in [-0.1, -0.05) is 6.07 Å². The van der Waals surface area contributed by atoms with Gasteiger partial charge in [-0.3, -0.25) is 9.59 Å². The minimum Gasteiger partial charge on any atom is -0.465 e. The number of nitrogens with one attached hydrogen (secondary N) is 1. The van der Waals surface area contributed by atoms with Crippen molar-refractivity contribution in [2.75, 3.05) is 23.9 Å². The molecule has 1 saturated heterocycles. The van der Waals surface area contributed by atoms with Crippen molar-refractivity contribution in [3.63, 3.8) is 0 Å². The molecule has 1 N–H and O–H groups in total. The van der Waals surface area contributed by atoms with Crippen LogP contribution in [0.1, 0.15) is 39.1 Å². The topological polar surface area (TPSA) is 75.7 Å². The first-order chi connectivity index (χ1) is 12.5. The molecule has 0 radical (unpaired) electrons. The Hall–Kier alpha value is -3.15. The lowest BCUT2D eigenvalue weighted by Gasteiger charge is -2.16. The van der Waals surface area contributed by atoms with E-state index in [0.29, 0.717) is 35.3 Å². The van der Waals surface area contributed by atoms with Crippen LogP contribution in [-0.2, 0) is 9.53 Å². The molecule has 1 heterocycles. The number of benzene rings is 2. The van der Waals surface area contributed by atoms with Gasteiger partial charge >= 0.3 is 5.97 Å².